The van der Waals surface area contributed by atoms with Gasteiger partial charge < -0.3 is 18.8 Å². The van der Waals surface area contributed by atoms with Gasteiger partial charge >= 0.3 is 0 Å². The summed E-state index contributed by atoms with van der Waals surface area (Å²) >= 11 is 0. The fourth-order valence-electron chi connectivity index (χ4n) is 3.07. The van der Waals surface area contributed by atoms with Crippen LogP contribution in [0.2, 0.25) is 0 Å². The Labute approximate surface area is 177 Å². The van der Waals surface area contributed by atoms with Crippen molar-refractivity contribution in [3.8, 4) is 0 Å². The van der Waals surface area contributed by atoms with E-state index >= 15 is 0 Å². The van der Waals surface area contributed by atoms with Crippen molar-refractivity contribution >= 4 is 16.8 Å². The second kappa shape index (κ2) is 10.9. The van der Waals surface area contributed by atoms with Crippen LogP contribution < -0.4 is 5.48 Å². The standard InChI is InChI=1S/C21H23F2N3O5/c1-29-4-5-30-6-7-31-13-15-12-26(11-14-2-3-16(22)8-18(14)23)20-10-24-19(9-17(15)20)21(27)25-28/h2-3,8-10,12,28H,4-7,11,13H2,1H3,(H,25,27). The minimum Gasteiger partial charge on any atom is -0.382 e. The van der Waals surface area contributed by atoms with E-state index < -0.39 is 17.5 Å². The van der Waals surface area contributed by atoms with Crippen LogP contribution in [0, 0.1) is 11.6 Å². The molecule has 0 fully saturated rings. The molecule has 1 aromatic carbocycles. The molecule has 0 aliphatic heterocycles. The van der Waals surface area contributed by atoms with Gasteiger partial charge in [-0.1, -0.05) is 6.07 Å². The largest absolute Gasteiger partial charge is 0.382 e. The summed E-state index contributed by atoms with van der Waals surface area (Å²) in [6, 6.07) is 4.92. The third-order valence-electron chi connectivity index (χ3n) is 4.60. The van der Waals surface area contributed by atoms with E-state index in [4.69, 9.17) is 19.4 Å². The number of ether oxygens (including phenoxy) is 3. The Bertz CT molecular complexity index is 1040. The Morgan fingerprint density at radius 3 is 2.65 bits per heavy atom. The number of amides is 1. The van der Waals surface area contributed by atoms with Gasteiger partial charge in [-0.05, 0) is 12.1 Å². The number of methoxy groups -OCH3 is 1. The number of hydrogen-bond acceptors (Lipinski definition) is 6. The zero-order valence-corrected chi connectivity index (χ0v) is 16.9. The van der Waals surface area contributed by atoms with Gasteiger partial charge in [0.15, 0.2) is 0 Å². The highest BCUT2D eigenvalue weighted by molar-refractivity contribution is 5.96. The number of rotatable bonds is 11. The maximum Gasteiger partial charge on any atom is 0.293 e. The topological polar surface area (TPSA) is 94.8 Å². The highest BCUT2D eigenvalue weighted by atomic mass is 19.1. The number of pyridine rings is 1. The van der Waals surface area contributed by atoms with Crippen molar-refractivity contribution in [1.29, 1.82) is 0 Å². The molecule has 0 bridgehead atoms. The molecule has 31 heavy (non-hydrogen) atoms. The van der Waals surface area contributed by atoms with Gasteiger partial charge in [-0.2, -0.15) is 0 Å². The lowest BCUT2D eigenvalue weighted by Crippen LogP contribution is -2.19. The SMILES string of the molecule is COCCOCCOCc1cn(Cc2ccc(F)cc2F)c2cnc(C(=O)NO)cc12. The molecule has 0 radical (unpaired) electrons. The van der Waals surface area contributed by atoms with Crippen molar-refractivity contribution < 1.29 is 33.0 Å². The van der Waals surface area contributed by atoms with Gasteiger partial charge in [-0.3, -0.25) is 10.0 Å². The molecule has 2 N–H and O–H groups in total. The van der Waals surface area contributed by atoms with Gasteiger partial charge in [0.25, 0.3) is 5.91 Å². The summed E-state index contributed by atoms with van der Waals surface area (Å²) < 4.78 is 45.0. The normalized spacial score (nSPS) is 11.2. The molecule has 0 saturated carbocycles. The first-order valence-corrected chi connectivity index (χ1v) is 9.54. The van der Waals surface area contributed by atoms with Crippen LogP contribution in [0.1, 0.15) is 21.6 Å². The predicted molar refractivity (Wildman–Crippen MR) is 107 cm³/mol. The molecule has 0 atom stereocenters. The van der Waals surface area contributed by atoms with Crippen molar-refractivity contribution in [2.75, 3.05) is 33.5 Å². The van der Waals surface area contributed by atoms with Crippen molar-refractivity contribution in [2.24, 2.45) is 0 Å². The number of fused-ring (bicyclic) bond motifs is 1. The minimum atomic E-state index is -0.752. The maximum absolute atomic E-state index is 14.1. The lowest BCUT2D eigenvalue weighted by atomic mass is 10.2. The van der Waals surface area contributed by atoms with Crippen LogP contribution in [-0.4, -0.2) is 54.2 Å². The van der Waals surface area contributed by atoms with E-state index in [0.717, 1.165) is 11.6 Å². The average molecular weight is 435 g/mol. The van der Waals surface area contributed by atoms with Crippen LogP contribution >= 0.6 is 0 Å². The van der Waals surface area contributed by atoms with E-state index in [-0.39, 0.29) is 18.8 Å². The number of aromatic nitrogens is 2. The molecular formula is C21H23F2N3O5. The fourth-order valence-corrected chi connectivity index (χ4v) is 3.07. The zero-order chi connectivity index (χ0) is 22.2. The lowest BCUT2D eigenvalue weighted by Gasteiger charge is -2.07. The average Bonchev–Trinajstić information content (AvgIpc) is 3.11. The van der Waals surface area contributed by atoms with Gasteiger partial charge in [0.05, 0.1) is 51.3 Å². The zero-order valence-electron chi connectivity index (χ0n) is 16.9. The first-order chi connectivity index (χ1) is 15.0. The Morgan fingerprint density at radius 1 is 1.13 bits per heavy atom. The van der Waals surface area contributed by atoms with E-state index in [9.17, 15) is 13.6 Å². The first-order valence-electron chi connectivity index (χ1n) is 9.54. The molecule has 10 heteroatoms. The van der Waals surface area contributed by atoms with Gasteiger partial charge in [-0.15, -0.1) is 0 Å². The number of carbonyl (C=O) groups excluding carboxylic acids is 1. The molecule has 3 rings (SSSR count). The molecule has 8 nitrogen and oxygen atoms in total. The highest BCUT2D eigenvalue weighted by Crippen LogP contribution is 2.24. The number of hydroxylamine groups is 1. The summed E-state index contributed by atoms with van der Waals surface area (Å²) in [6.45, 7) is 2.05. The molecule has 0 unspecified atom stereocenters. The maximum atomic E-state index is 14.1. The molecule has 166 valence electrons. The monoisotopic (exact) mass is 435 g/mol. The third kappa shape index (κ3) is 5.82. The van der Waals surface area contributed by atoms with Crippen LogP contribution in [0.25, 0.3) is 10.9 Å². The predicted octanol–water partition coefficient (Wildman–Crippen LogP) is 2.66. The third-order valence-corrected chi connectivity index (χ3v) is 4.60. The summed E-state index contributed by atoms with van der Waals surface area (Å²) in [5.74, 6) is -2.06. The van der Waals surface area contributed by atoms with E-state index in [1.54, 1.807) is 23.4 Å². The first kappa shape index (κ1) is 22.8. The van der Waals surface area contributed by atoms with Crippen molar-refractivity contribution in [1.82, 2.24) is 15.0 Å². The molecule has 3 aromatic rings. The van der Waals surface area contributed by atoms with Gasteiger partial charge in [0.1, 0.15) is 17.3 Å². The number of nitrogens with one attached hydrogen (secondary N) is 1. The van der Waals surface area contributed by atoms with Crippen LogP contribution in [0.3, 0.4) is 0 Å². The molecule has 2 heterocycles. The second-order valence-electron chi connectivity index (χ2n) is 6.70. The number of nitrogens with zero attached hydrogens (tertiary/aromatic N) is 2. The van der Waals surface area contributed by atoms with E-state index in [1.165, 1.54) is 24.4 Å². The van der Waals surface area contributed by atoms with Crippen LogP contribution in [-0.2, 0) is 27.4 Å². The van der Waals surface area contributed by atoms with Crippen molar-refractivity contribution in [2.45, 2.75) is 13.2 Å². The fraction of sp³-hybridized carbons (Fsp3) is 0.333. The molecule has 0 saturated heterocycles. The molecule has 2 aromatic heterocycles. The van der Waals surface area contributed by atoms with E-state index in [1.807, 2.05) is 0 Å². The smallest absolute Gasteiger partial charge is 0.293 e. The Morgan fingerprint density at radius 2 is 1.90 bits per heavy atom. The summed E-state index contributed by atoms with van der Waals surface area (Å²) in [6.07, 6.45) is 3.22. The molecule has 0 aliphatic carbocycles. The number of carbonyl (C=O) groups is 1. The summed E-state index contributed by atoms with van der Waals surface area (Å²) in [4.78, 5) is 15.8. The highest BCUT2D eigenvalue weighted by Gasteiger charge is 2.15. The van der Waals surface area contributed by atoms with Crippen LogP contribution in [0.15, 0.2) is 36.7 Å². The number of halogens is 2. The van der Waals surface area contributed by atoms with Gasteiger partial charge in [0.2, 0.25) is 0 Å². The Hall–Kier alpha value is -2.92. The molecular weight excluding hydrogens is 412 g/mol. The number of benzene rings is 1. The quantitative estimate of drug-likeness (QED) is 0.273. The van der Waals surface area contributed by atoms with Gasteiger partial charge in [0, 0.05) is 35.9 Å². The Balaban J connectivity index is 1.82. The van der Waals surface area contributed by atoms with Crippen molar-refractivity contribution in [3.63, 3.8) is 0 Å². The van der Waals surface area contributed by atoms with E-state index in [2.05, 4.69) is 4.98 Å². The summed E-state index contributed by atoms with van der Waals surface area (Å²) in [7, 11) is 1.59. The second-order valence-corrected chi connectivity index (χ2v) is 6.70. The van der Waals surface area contributed by atoms with Crippen LogP contribution in [0.5, 0.6) is 0 Å². The minimum absolute atomic E-state index is 0.0184. The molecule has 0 spiro atoms. The van der Waals surface area contributed by atoms with Crippen molar-refractivity contribution in [3.05, 3.63) is 65.1 Å². The molecule has 1 amide bonds. The summed E-state index contributed by atoms with van der Waals surface area (Å²) in [5.41, 5.74) is 3.24. The lowest BCUT2D eigenvalue weighted by molar-refractivity contribution is 0.0202. The van der Waals surface area contributed by atoms with Gasteiger partial charge in [-0.25, -0.2) is 19.2 Å². The molecule has 0 aliphatic rings. The van der Waals surface area contributed by atoms with Crippen LogP contribution in [0.4, 0.5) is 8.78 Å². The van der Waals surface area contributed by atoms with E-state index in [0.29, 0.717) is 42.9 Å². The summed E-state index contributed by atoms with van der Waals surface area (Å²) in [5, 5.41) is 9.54. The number of hydrogen-bond donors (Lipinski definition) is 2. The Kier molecular flexibility index (Phi) is 8.01.